The summed E-state index contributed by atoms with van der Waals surface area (Å²) in [4.78, 5) is 40.6. The van der Waals surface area contributed by atoms with Gasteiger partial charge in [-0.1, -0.05) is 0 Å². The third-order valence-electron chi connectivity index (χ3n) is 4.83. The molecule has 1 N–H and O–H groups in total. The molecule has 3 heterocycles. The second-order valence-corrected chi connectivity index (χ2v) is 7.01. The topological polar surface area (TPSA) is 117 Å². The van der Waals surface area contributed by atoms with E-state index in [-0.39, 0.29) is 30.1 Å². The average Bonchev–Trinajstić information content (AvgIpc) is 3.43. The summed E-state index contributed by atoms with van der Waals surface area (Å²) in [6.45, 7) is 2.02. The van der Waals surface area contributed by atoms with Crippen LogP contribution in [0.5, 0.6) is 0 Å². The molecule has 10 heteroatoms. The van der Waals surface area contributed by atoms with Crippen molar-refractivity contribution in [2.75, 3.05) is 6.54 Å². The van der Waals surface area contributed by atoms with Gasteiger partial charge in [-0.25, -0.2) is 14.3 Å². The van der Waals surface area contributed by atoms with Gasteiger partial charge in [0.1, 0.15) is 12.4 Å². The molecule has 10 nitrogen and oxygen atoms in total. The minimum atomic E-state index is -0.747. The first-order chi connectivity index (χ1) is 14.0. The van der Waals surface area contributed by atoms with Crippen molar-refractivity contribution in [3.8, 4) is 5.82 Å². The Hall–Kier alpha value is -3.56. The molecular formula is C19H21N7O3. The summed E-state index contributed by atoms with van der Waals surface area (Å²) in [7, 11) is 0. The van der Waals surface area contributed by atoms with E-state index in [0.29, 0.717) is 11.7 Å². The van der Waals surface area contributed by atoms with E-state index in [1.54, 1.807) is 42.3 Å². The van der Waals surface area contributed by atoms with Gasteiger partial charge in [0.15, 0.2) is 5.82 Å². The lowest BCUT2D eigenvalue weighted by Gasteiger charge is -2.15. The summed E-state index contributed by atoms with van der Waals surface area (Å²) < 4.78 is 4.17. The number of rotatable bonds is 7. The van der Waals surface area contributed by atoms with Gasteiger partial charge in [-0.2, -0.15) is 10.2 Å². The molecule has 1 saturated carbocycles. The highest BCUT2D eigenvalue weighted by atomic mass is 16.2. The van der Waals surface area contributed by atoms with E-state index in [4.69, 9.17) is 0 Å². The van der Waals surface area contributed by atoms with Gasteiger partial charge in [0.05, 0.1) is 12.2 Å². The number of hydrogen-bond donors (Lipinski definition) is 1. The predicted octanol–water partition coefficient (Wildman–Crippen LogP) is 0.240. The molecule has 1 fully saturated rings. The van der Waals surface area contributed by atoms with Crippen LogP contribution in [0, 0.1) is 0 Å². The predicted molar refractivity (Wildman–Crippen MR) is 104 cm³/mol. The smallest absolute Gasteiger partial charge is 0.267 e. The molecule has 0 aliphatic heterocycles. The van der Waals surface area contributed by atoms with E-state index >= 15 is 0 Å². The highest BCUT2D eigenvalue weighted by Crippen LogP contribution is 2.38. The minimum Gasteiger partial charge on any atom is -0.352 e. The van der Waals surface area contributed by atoms with Crippen molar-refractivity contribution >= 4 is 5.91 Å². The molecular weight excluding hydrogens is 374 g/mol. The third-order valence-corrected chi connectivity index (χ3v) is 4.83. The van der Waals surface area contributed by atoms with Gasteiger partial charge in [-0.3, -0.25) is 19.0 Å². The van der Waals surface area contributed by atoms with Crippen molar-refractivity contribution in [1.82, 2.24) is 34.4 Å². The van der Waals surface area contributed by atoms with Crippen LogP contribution in [-0.4, -0.2) is 41.6 Å². The molecule has 0 spiro atoms. The summed E-state index contributed by atoms with van der Waals surface area (Å²) in [6, 6.07) is 5.46. The van der Waals surface area contributed by atoms with Gasteiger partial charge < -0.3 is 5.32 Å². The Morgan fingerprint density at radius 3 is 2.69 bits per heavy atom. The Morgan fingerprint density at radius 2 is 1.97 bits per heavy atom. The number of amides is 1. The van der Waals surface area contributed by atoms with E-state index in [0.717, 1.165) is 18.5 Å². The molecule has 150 valence electrons. The molecule has 4 rings (SSSR count). The van der Waals surface area contributed by atoms with Crippen molar-refractivity contribution in [2.24, 2.45) is 0 Å². The average molecular weight is 395 g/mol. The van der Waals surface area contributed by atoms with Crippen LogP contribution in [0.3, 0.4) is 0 Å². The van der Waals surface area contributed by atoms with E-state index in [9.17, 15) is 14.4 Å². The summed E-state index contributed by atoms with van der Waals surface area (Å²) in [5.74, 6) is 0.596. The van der Waals surface area contributed by atoms with Crippen molar-refractivity contribution < 1.29 is 4.79 Å². The first kappa shape index (κ1) is 18.8. The van der Waals surface area contributed by atoms with E-state index in [1.165, 1.54) is 21.5 Å². The van der Waals surface area contributed by atoms with Crippen molar-refractivity contribution in [2.45, 2.75) is 38.3 Å². The molecule has 29 heavy (non-hydrogen) atoms. The first-order valence-corrected chi connectivity index (χ1v) is 9.47. The Labute approximate surface area is 165 Å². The Kier molecular flexibility index (Phi) is 5.07. The lowest BCUT2D eigenvalue weighted by atomic mass is 10.2. The molecule has 0 saturated heterocycles. The zero-order valence-corrected chi connectivity index (χ0v) is 15.9. The summed E-state index contributed by atoms with van der Waals surface area (Å²) in [6.07, 6.45) is 7.05. The molecule has 1 atom stereocenters. The van der Waals surface area contributed by atoms with Gasteiger partial charge in [-0.05, 0) is 31.9 Å². The molecule has 0 radical (unpaired) electrons. The van der Waals surface area contributed by atoms with Crippen molar-refractivity contribution in [3.63, 3.8) is 0 Å². The number of carbonyl (C=O) groups is 1. The van der Waals surface area contributed by atoms with Crippen LogP contribution in [0.15, 0.2) is 52.6 Å². The number of nitrogens with zero attached hydrogens (tertiary/aromatic N) is 6. The summed E-state index contributed by atoms with van der Waals surface area (Å²) in [5, 5.41) is 11.4. The molecule has 0 aromatic carbocycles. The zero-order chi connectivity index (χ0) is 20.4. The lowest BCUT2D eigenvalue weighted by molar-refractivity contribution is -0.124. The van der Waals surface area contributed by atoms with Crippen LogP contribution in [0.1, 0.15) is 37.4 Å². The van der Waals surface area contributed by atoms with Crippen molar-refractivity contribution in [3.05, 3.63) is 69.4 Å². The molecule has 0 unspecified atom stereocenters. The van der Waals surface area contributed by atoms with E-state index < -0.39 is 6.04 Å². The maximum absolute atomic E-state index is 12.5. The van der Waals surface area contributed by atoms with Crippen LogP contribution in [0.4, 0.5) is 0 Å². The number of carbonyl (C=O) groups excluding carboxylic acids is 1. The Bertz CT molecular complexity index is 1130. The number of hydrogen-bond acceptors (Lipinski definition) is 6. The molecule has 0 bridgehead atoms. The minimum absolute atomic E-state index is 0.195. The van der Waals surface area contributed by atoms with E-state index in [1.807, 2.05) is 0 Å². The largest absolute Gasteiger partial charge is 0.352 e. The highest BCUT2D eigenvalue weighted by Gasteiger charge is 2.27. The fraction of sp³-hybridized carbons (Fsp3) is 0.368. The molecule has 3 aromatic heterocycles. The maximum Gasteiger partial charge on any atom is 0.267 e. The van der Waals surface area contributed by atoms with Gasteiger partial charge >= 0.3 is 0 Å². The summed E-state index contributed by atoms with van der Waals surface area (Å²) >= 11 is 0. The standard InChI is InChI=1S/C19H21N7O3/c1-13(26-18(28)6-4-15(22-26)14-2-3-14)19(29)21-9-11-25-17(27)7-5-16(23-25)24-10-8-20-12-24/h4-8,10,12-14H,2-3,9,11H2,1H3,(H,21,29)/t13-/m0/s1. The second kappa shape index (κ2) is 7.82. The molecule has 3 aromatic rings. The van der Waals surface area contributed by atoms with Gasteiger partial charge in [0, 0.05) is 37.0 Å². The molecule has 1 aliphatic rings. The summed E-state index contributed by atoms with van der Waals surface area (Å²) in [5.41, 5.74) is 0.255. The highest BCUT2D eigenvalue weighted by molar-refractivity contribution is 5.79. The molecule has 1 amide bonds. The van der Waals surface area contributed by atoms with Crippen LogP contribution in [0.2, 0.25) is 0 Å². The lowest BCUT2D eigenvalue weighted by Crippen LogP contribution is -2.39. The Morgan fingerprint density at radius 1 is 1.17 bits per heavy atom. The number of imidazole rings is 1. The third kappa shape index (κ3) is 4.15. The van der Waals surface area contributed by atoms with Crippen LogP contribution in [0.25, 0.3) is 5.82 Å². The van der Waals surface area contributed by atoms with Crippen molar-refractivity contribution in [1.29, 1.82) is 0 Å². The van der Waals surface area contributed by atoms with Gasteiger partial charge in [-0.15, -0.1) is 0 Å². The van der Waals surface area contributed by atoms with Crippen LogP contribution in [-0.2, 0) is 11.3 Å². The SMILES string of the molecule is C[C@@H](C(=O)NCCn1nc(-n2ccnc2)ccc1=O)n1nc(C2CC2)ccc1=O. The number of nitrogens with one attached hydrogen (secondary N) is 1. The normalized spacial score (nSPS) is 14.5. The Balaban J connectivity index is 1.40. The van der Waals surface area contributed by atoms with Crippen LogP contribution < -0.4 is 16.4 Å². The van der Waals surface area contributed by atoms with Gasteiger partial charge in [0.2, 0.25) is 5.91 Å². The monoisotopic (exact) mass is 395 g/mol. The maximum atomic E-state index is 12.5. The molecule has 1 aliphatic carbocycles. The van der Waals surface area contributed by atoms with Gasteiger partial charge in [0.25, 0.3) is 11.1 Å². The zero-order valence-electron chi connectivity index (χ0n) is 15.9. The second-order valence-electron chi connectivity index (χ2n) is 7.01. The van der Waals surface area contributed by atoms with Crippen LogP contribution >= 0.6 is 0 Å². The quantitative estimate of drug-likeness (QED) is 0.613. The fourth-order valence-electron chi connectivity index (χ4n) is 2.99. The first-order valence-electron chi connectivity index (χ1n) is 9.47. The van der Waals surface area contributed by atoms with E-state index in [2.05, 4.69) is 20.5 Å². The fourth-order valence-corrected chi connectivity index (χ4v) is 2.99. The number of aromatic nitrogens is 6.